The summed E-state index contributed by atoms with van der Waals surface area (Å²) in [7, 11) is 0. The predicted octanol–water partition coefficient (Wildman–Crippen LogP) is 6.77. The van der Waals surface area contributed by atoms with Gasteiger partial charge >= 0.3 is 301 Å². The molecule has 0 amide bonds. The zero-order chi connectivity index (χ0) is 33.6. The molecule has 50 heavy (non-hydrogen) atoms. The van der Waals surface area contributed by atoms with Gasteiger partial charge in [-0.25, -0.2) is 0 Å². The van der Waals surface area contributed by atoms with Crippen LogP contribution >= 0.6 is 0 Å². The van der Waals surface area contributed by atoms with Crippen molar-refractivity contribution in [3.8, 4) is 11.1 Å². The fraction of sp³-hybridized carbons (Fsp3) is 0.553. The van der Waals surface area contributed by atoms with Gasteiger partial charge in [0.05, 0.1) is 0 Å². The SMILES string of the molecule is C[C](C)=[Zr+2]([C]1=CC(C23CC4CC(CC(C4)C2)C3)=CC1)[C]1(C)c2c3c(c4ccccc4c2C(C)C(C)C1C)-c1cc(C)c(C)c(C)c1C3C.[Cl-].[Cl-]. The Hall–Kier alpha value is -1.27. The molecule has 0 N–H and O–H groups in total. The Bertz CT molecular complexity index is 1990. The molecule has 4 saturated carbocycles. The van der Waals surface area contributed by atoms with Crippen LogP contribution in [-0.4, -0.2) is 3.21 Å². The molecular formula is C47H58Cl2Zr. The summed E-state index contributed by atoms with van der Waals surface area (Å²) in [5, 5.41) is 3.05. The molecule has 0 radical (unpaired) electrons. The van der Waals surface area contributed by atoms with E-state index in [0.717, 1.165) is 17.8 Å². The fourth-order valence-electron chi connectivity index (χ4n) is 13.8. The number of hydrogen-bond donors (Lipinski definition) is 0. The molecule has 3 aromatic carbocycles. The van der Waals surface area contributed by atoms with Crippen molar-refractivity contribution in [2.24, 2.45) is 35.0 Å². The number of aryl methyl sites for hydroxylation is 1. The van der Waals surface area contributed by atoms with Gasteiger partial charge < -0.3 is 24.8 Å². The Kier molecular flexibility index (Phi) is 9.39. The molecule has 0 nitrogen and oxygen atoms in total. The van der Waals surface area contributed by atoms with E-state index in [4.69, 9.17) is 0 Å². The van der Waals surface area contributed by atoms with Crippen LogP contribution in [0.4, 0.5) is 0 Å². The Morgan fingerprint density at radius 1 is 0.780 bits per heavy atom. The summed E-state index contributed by atoms with van der Waals surface area (Å²) in [5.74, 6) is 5.31. The van der Waals surface area contributed by atoms with Crippen molar-refractivity contribution in [1.29, 1.82) is 0 Å². The summed E-state index contributed by atoms with van der Waals surface area (Å²) in [4.78, 5) is 0. The van der Waals surface area contributed by atoms with Gasteiger partial charge in [0.15, 0.2) is 0 Å². The van der Waals surface area contributed by atoms with E-state index >= 15 is 0 Å². The van der Waals surface area contributed by atoms with E-state index < -0.39 is 21.3 Å². The summed E-state index contributed by atoms with van der Waals surface area (Å²) in [6, 6.07) is 12.1. The van der Waals surface area contributed by atoms with Crippen LogP contribution in [0.25, 0.3) is 21.9 Å². The van der Waals surface area contributed by atoms with E-state index in [1.807, 2.05) is 8.84 Å². The average molecular weight is 785 g/mol. The van der Waals surface area contributed by atoms with Gasteiger partial charge in [-0.2, -0.15) is 0 Å². The number of rotatable bonds is 3. The molecule has 7 aliphatic rings. The molecule has 7 aliphatic carbocycles. The Labute approximate surface area is 323 Å². The number of hydrogen-bond acceptors (Lipinski definition) is 0. The van der Waals surface area contributed by atoms with Crippen molar-refractivity contribution < 1.29 is 46.1 Å². The van der Waals surface area contributed by atoms with Crippen molar-refractivity contribution in [1.82, 2.24) is 0 Å². The summed E-state index contributed by atoms with van der Waals surface area (Å²) < 4.78 is 3.93. The first-order valence-corrected chi connectivity index (χ1v) is 23.3. The second-order valence-electron chi connectivity index (χ2n) is 18.5. The summed E-state index contributed by atoms with van der Waals surface area (Å²) in [6.45, 7) is 25.5. The molecule has 264 valence electrons. The molecule has 3 heteroatoms. The fourth-order valence-corrected chi connectivity index (χ4v) is 24.1. The first-order valence-electron chi connectivity index (χ1n) is 19.6. The van der Waals surface area contributed by atoms with Crippen molar-refractivity contribution in [2.45, 2.75) is 129 Å². The third kappa shape index (κ3) is 4.87. The molecule has 0 spiro atoms. The van der Waals surface area contributed by atoms with Crippen LogP contribution in [0.15, 0.2) is 51.3 Å². The Morgan fingerprint density at radius 2 is 1.38 bits per heavy atom. The standard InChI is InChI=1S/C29H33.C15H19.C3H6.2ClH.Zr/c1-14-13-24-25(18(5)15(14)2)21(8)28-27-20(7)17(4)16(3)19(6)26(27)22-11-9-10-12-23(22)29(24)28;1-2-4-14(3-1)15-8-11-5-12(9-15)7-13(6-11)10-15;1-3-2;;;/h9-13,16-17,19,21H,1-8H3;3-4,11-13H,1,5-10H2;1-2H3;2*1H;/q;;;;;+2/p-2. The van der Waals surface area contributed by atoms with E-state index in [1.165, 1.54) is 72.6 Å². The van der Waals surface area contributed by atoms with Crippen LogP contribution in [0.1, 0.15) is 144 Å². The molecule has 10 rings (SSSR count). The molecule has 0 saturated heterocycles. The van der Waals surface area contributed by atoms with Crippen LogP contribution in [-0.2, 0) is 24.4 Å². The van der Waals surface area contributed by atoms with Crippen LogP contribution in [0.5, 0.6) is 0 Å². The average Bonchev–Trinajstić information content (AvgIpc) is 3.64. The zero-order valence-corrected chi connectivity index (χ0v) is 36.3. The zero-order valence-electron chi connectivity index (χ0n) is 32.3. The summed E-state index contributed by atoms with van der Waals surface area (Å²) >= 11 is -2.45. The van der Waals surface area contributed by atoms with Gasteiger partial charge in [0, 0.05) is 0 Å². The first-order chi connectivity index (χ1) is 22.9. The van der Waals surface area contributed by atoms with Gasteiger partial charge in [0.2, 0.25) is 0 Å². The van der Waals surface area contributed by atoms with Crippen LogP contribution < -0.4 is 24.8 Å². The molecule has 0 heterocycles. The van der Waals surface area contributed by atoms with E-state index in [-0.39, 0.29) is 27.9 Å². The third-order valence-electron chi connectivity index (χ3n) is 16.0. The molecular weight excluding hydrogens is 727 g/mol. The minimum atomic E-state index is -2.45. The summed E-state index contributed by atoms with van der Waals surface area (Å²) in [5.41, 5.74) is 16.7. The van der Waals surface area contributed by atoms with Crippen molar-refractivity contribution in [2.75, 3.05) is 0 Å². The topological polar surface area (TPSA) is 0 Å². The van der Waals surface area contributed by atoms with Gasteiger partial charge in [-0.15, -0.1) is 0 Å². The number of halogens is 2. The van der Waals surface area contributed by atoms with Crippen molar-refractivity contribution in [3.63, 3.8) is 0 Å². The largest absolute Gasteiger partial charge is 1.00 e. The van der Waals surface area contributed by atoms with Crippen LogP contribution in [0, 0.1) is 55.8 Å². The molecule has 5 atom stereocenters. The van der Waals surface area contributed by atoms with Crippen molar-refractivity contribution >= 4 is 14.0 Å². The smallest absolute Gasteiger partial charge is 1.00 e. The molecule has 4 bridgehead atoms. The number of allylic oxidation sites excluding steroid dienone is 4. The van der Waals surface area contributed by atoms with Gasteiger partial charge in [-0.05, 0) is 0 Å². The molecule has 0 aromatic heterocycles. The number of fused-ring (bicyclic) bond motifs is 8. The molecule has 3 aromatic rings. The number of benzene rings is 3. The predicted molar refractivity (Wildman–Crippen MR) is 203 cm³/mol. The third-order valence-corrected chi connectivity index (χ3v) is 25.1. The van der Waals surface area contributed by atoms with E-state index in [1.54, 1.807) is 36.4 Å². The minimum absolute atomic E-state index is 0. The van der Waals surface area contributed by atoms with Gasteiger partial charge in [0.1, 0.15) is 0 Å². The second kappa shape index (κ2) is 12.7. The van der Waals surface area contributed by atoms with Crippen molar-refractivity contribution in [3.05, 3.63) is 90.3 Å². The first kappa shape index (κ1) is 37.1. The maximum Gasteiger partial charge on any atom is -1.00 e. The maximum atomic E-state index is 2.89. The normalized spacial score (nSPS) is 34.1. The quantitative estimate of drug-likeness (QED) is 0.275. The monoisotopic (exact) mass is 782 g/mol. The van der Waals surface area contributed by atoms with Crippen LogP contribution in [0.3, 0.4) is 0 Å². The van der Waals surface area contributed by atoms with Gasteiger partial charge in [-0.3, -0.25) is 0 Å². The molecule has 0 aliphatic heterocycles. The van der Waals surface area contributed by atoms with E-state index in [2.05, 4.69) is 112 Å². The minimum Gasteiger partial charge on any atom is -1.00 e. The van der Waals surface area contributed by atoms with Gasteiger partial charge in [0.25, 0.3) is 0 Å². The van der Waals surface area contributed by atoms with E-state index in [9.17, 15) is 0 Å². The summed E-state index contributed by atoms with van der Waals surface area (Å²) in [6.07, 6.45) is 16.0. The second-order valence-corrected chi connectivity index (χ2v) is 26.9. The maximum absolute atomic E-state index is 2.89. The molecule has 4 fully saturated rings. The van der Waals surface area contributed by atoms with E-state index in [0.29, 0.717) is 29.1 Å². The Balaban J connectivity index is 0.00000196. The Morgan fingerprint density at radius 3 is 1.98 bits per heavy atom. The van der Waals surface area contributed by atoms with Crippen LogP contribution in [0.2, 0.25) is 0 Å². The van der Waals surface area contributed by atoms with Gasteiger partial charge in [-0.1, -0.05) is 0 Å². The molecule has 5 unspecified atom stereocenters.